The first-order valence-corrected chi connectivity index (χ1v) is 11.7. The van der Waals surface area contributed by atoms with Crippen molar-refractivity contribution < 1.29 is 9.53 Å². The van der Waals surface area contributed by atoms with Gasteiger partial charge >= 0.3 is 0 Å². The largest absolute Gasteiger partial charge is 0.494 e. The lowest BCUT2D eigenvalue weighted by Gasteiger charge is -2.12. The third-order valence-corrected chi connectivity index (χ3v) is 6.36. The molecule has 0 fully saturated rings. The number of thioether (sulfide) groups is 1. The molecule has 2 aromatic carbocycles. The lowest BCUT2D eigenvalue weighted by molar-refractivity contribution is -0.113. The van der Waals surface area contributed by atoms with E-state index >= 15 is 0 Å². The van der Waals surface area contributed by atoms with Crippen LogP contribution in [0.25, 0.3) is 10.2 Å². The normalized spacial score (nSPS) is 10.9. The average Bonchev–Trinajstić information content (AvgIpc) is 3.26. The summed E-state index contributed by atoms with van der Waals surface area (Å²) in [5.74, 6) is 0.734. The van der Waals surface area contributed by atoms with Gasteiger partial charge in [0.05, 0.1) is 24.4 Å². The van der Waals surface area contributed by atoms with Gasteiger partial charge in [0.1, 0.15) is 10.4 Å². The molecule has 4 aromatic rings. The van der Waals surface area contributed by atoms with Gasteiger partial charge in [0.25, 0.3) is 5.56 Å². The minimum atomic E-state index is -0.167. The topological polar surface area (TPSA) is 73.2 Å². The van der Waals surface area contributed by atoms with Crippen LogP contribution in [-0.2, 0) is 11.3 Å². The van der Waals surface area contributed by atoms with Crippen molar-refractivity contribution in [2.75, 3.05) is 17.7 Å². The SMILES string of the molecule is CCOc1ccc(NC(=O)CSc2nc3ccsc3c(=O)n2Cc2ccccc2)cc1. The predicted molar refractivity (Wildman–Crippen MR) is 126 cm³/mol. The van der Waals surface area contributed by atoms with Crippen molar-refractivity contribution in [3.8, 4) is 5.75 Å². The number of carbonyl (C=O) groups excluding carboxylic acids is 1. The number of aromatic nitrogens is 2. The molecule has 0 radical (unpaired) electrons. The van der Waals surface area contributed by atoms with Crippen LogP contribution in [0.5, 0.6) is 5.75 Å². The molecule has 0 bridgehead atoms. The van der Waals surface area contributed by atoms with E-state index in [1.54, 1.807) is 16.7 Å². The molecule has 0 unspecified atom stereocenters. The summed E-state index contributed by atoms with van der Waals surface area (Å²) in [6, 6.07) is 18.8. The lowest BCUT2D eigenvalue weighted by Crippen LogP contribution is -2.24. The molecular weight excluding hydrogens is 430 g/mol. The van der Waals surface area contributed by atoms with Gasteiger partial charge in [0, 0.05) is 5.69 Å². The Labute approximate surface area is 187 Å². The van der Waals surface area contributed by atoms with E-state index in [-0.39, 0.29) is 17.2 Å². The van der Waals surface area contributed by atoms with E-state index in [2.05, 4.69) is 10.3 Å². The van der Waals surface area contributed by atoms with Crippen molar-refractivity contribution in [2.24, 2.45) is 0 Å². The number of anilines is 1. The number of thiophene rings is 1. The number of hydrogen-bond acceptors (Lipinski definition) is 6. The highest BCUT2D eigenvalue weighted by molar-refractivity contribution is 7.99. The third-order valence-electron chi connectivity index (χ3n) is 4.50. The Morgan fingerprint density at radius 3 is 2.65 bits per heavy atom. The smallest absolute Gasteiger partial charge is 0.272 e. The Kier molecular flexibility index (Phi) is 6.69. The van der Waals surface area contributed by atoms with E-state index in [9.17, 15) is 9.59 Å². The zero-order valence-corrected chi connectivity index (χ0v) is 18.5. The van der Waals surface area contributed by atoms with Crippen LogP contribution in [0.2, 0.25) is 0 Å². The van der Waals surface area contributed by atoms with Crippen molar-refractivity contribution in [1.82, 2.24) is 9.55 Å². The van der Waals surface area contributed by atoms with Gasteiger partial charge in [-0.3, -0.25) is 14.2 Å². The molecule has 0 aliphatic carbocycles. The summed E-state index contributed by atoms with van der Waals surface area (Å²) in [6.07, 6.45) is 0. The molecule has 31 heavy (non-hydrogen) atoms. The predicted octanol–water partition coefficient (Wildman–Crippen LogP) is 4.64. The Morgan fingerprint density at radius 2 is 1.90 bits per heavy atom. The summed E-state index contributed by atoms with van der Waals surface area (Å²) < 4.78 is 7.68. The fourth-order valence-corrected chi connectivity index (χ4v) is 4.64. The van der Waals surface area contributed by atoms with Gasteiger partial charge in [-0.05, 0) is 48.2 Å². The zero-order valence-electron chi connectivity index (χ0n) is 16.9. The second-order valence-corrected chi connectivity index (χ2v) is 8.56. The molecule has 1 amide bonds. The standard InChI is InChI=1S/C23H21N3O3S2/c1-2-29-18-10-8-17(9-11-18)24-20(27)15-31-23-25-19-12-13-30-21(19)22(28)26(23)14-16-6-4-3-5-7-16/h3-13H,2,14-15H2,1H3,(H,24,27). The zero-order chi connectivity index (χ0) is 21.6. The highest BCUT2D eigenvalue weighted by Gasteiger charge is 2.15. The van der Waals surface area contributed by atoms with Gasteiger partial charge in [0.2, 0.25) is 5.91 Å². The van der Waals surface area contributed by atoms with Crippen molar-refractivity contribution >= 4 is 44.9 Å². The van der Waals surface area contributed by atoms with Crippen LogP contribution in [0.1, 0.15) is 12.5 Å². The van der Waals surface area contributed by atoms with Gasteiger partial charge in [-0.25, -0.2) is 4.98 Å². The van der Waals surface area contributed by atoms with E-state index < -0.39 is 0 Å². The monoisotopic (exact) mass is 451 g/mol. The summed E-state index contributed by atoms with van der Waals surface area (Å²) in [5.41, 5.74) is 2.27. The van der Waals surface area contributed by atoms with Gasteiger partial charge in [-0.15, -0.1) is 11.3 Å². The Hall–Kier alpha value is -3.10. The number of fused-ring (bicyclic) bond motifs is 1. The van der Waals surface area contributed by atoms with E-state index in [1.807, 2.05) is 60.8 Å². The van der Waals surface area contributed by atoms with Gasteiger partial charge in [-0.2, -0.15) is 0 Å². The molecule has 0 saturated heterocycles. The molecule has 0 atom stereocenters. The summed E-state index contributed by atoms with van der Waals surface area (Å²) in [5, 5.41) is 5.26. The number of nitrogens with zero attached hydrogens (tertiary/aromatic N) is 2. The summed E-state index contributed by atoms with van der Waals surface area (Å²) in [7, 11) is 0. The third kappa shape index (κ3) is 5.15. The molecule has 6 nitrogen and oxygen atoms in total. The molecule has 2 heterocycles. The Morgan fingerprint density at radius 1 is 1.13 bits per heavy atom. The van der Waals surface area contributed by atoms with Crippen LogP contribution in [0.15, 0.2) is 76.0 Å². The first-order valence-electron chi connectivity index (χ1n) is 9.81. The summed E-state index contributed by atoms with van der Waals surface area (Å²) in [4.78, 5) is 30.2. The number of nitrogens with one attached hydrogen (secondary N) is 1. The van der Waals surface area contributed by atoms with Gasteiger partial charge in [-0.1, -0.05) is 42.1 Å². The minimum absolute atomic E-state index is 0.0849. The molecule has 158 valence electrons. The number of amides is 1. The summed E-state index contributed by atoms with van der Waals surface area (Å²) >= 11 is 2.64. The van der Waals surface area contributed by atoms with Crippen LogP contribution < -0.4 is 15.6 Å². The van der Waals surface area contributed by atoms with Crippen molar-refractivity contribution in [1.29, 1.82) is 0 Å². The lowest BCUT2D eigenvalue weighted by atomic mass is 10.2. The maximum absolute atomic E-state index is 13.0. The van der Waals surface area contributed by atoms with E-state index in [0.29, 0.717) is 34.2 Å². The average molecular weight is 452 g/mol. The minimum Gasteiger partial charge on any atom is -0.494 e. The first kappa shape index (κ1) is 21.1. The highest BCUT2D eigenvalue weighted by atomic mass is 32.2. The van der Waals surface area contributed by atoms with E-state index in [4.69, 9.17) is 4.74 Å². The van der Waals surface area contributed by atoms with Crippen LogP contribution in [0, 0.1) is 0 Å². The highest BCUT2D eigenvalue weighted by Crippen LogP contribution is 2.22. The molecule has 2 aromatic heterocycles. The van der Waals surface area contributed by atoms with Crippen LogP contribution >= 0.6 is 23.1 Å². The van der Waals surface area contributed by atoms with Crippen LogP contribution in [-0.4, -0.2) is 27.8 Å². The van der Waals surface area contributed by atoms with Crippen molar-refractivity contribution in [2.45, 2.75) is 18.6 Å². The molecule has 1 N–H and O–H groups in total. The van der Waals surface area contributed by atoms with Gasteiger partial charge < -0.3 is 10.1 Å². The number of ether oxygens (including phenoxy) is 1. The molecule has 0 aliphatic rings. The fraction of sp³-hybridized carbons (Fsp3) is 0.174. The van der Waals surface area contributed by atoms with E-state index in [0.717, 1.165) is 11.3 Å². The number of carbonyl (C=O) groups is 1. The number of benzene rings is 2. The Balaban J connectivity index is 1.51. The second-order valence-electron chi connectivity index (χ2n) is 6.70. The molecule has 8 heteroatoms. The fourth-order valence-electron chi connectivity index (χ4n) is 3.07. The second kappa shape index (κ2) is 9.80. The van der Waals surface area contributed by atoms with Crippen LogP contribution in [0.4, 0.5) is 5.69 Å². The van der Waals surface area contributed by atoms with Gasteiger partial charge in [0.15, 0.2) is 5.16 Å². The first-order chi connectivity index (χ1) is 15.1. The van der Waals surface area contributed by atoms with E-state index in [1.165, 1.54) is 23.1 Å². The summed E-state index contributed by atoms with van der Waals surface area (Å²) in [6.45, 7) is 2.92. The molecule has 0 spiro atoms. The maximum Gasteiger partial charge on any atom is 0.272 e. The molecule has 4 rings (SSSR count). The Bertz CT molecular complexity index is 1230. The molecule has 0 aliphatic heterocycles. The number of rotatable bonds is 8. The van der Waals surface area contributed by atoms with Crippen molar-refractivity contribution in [3.63, 3.8) is 0 Å². The molecule has 0 saturated carbocycles. The maximum atomic E-state index is 13.0. The van der Waals surface area contributed by atoms with Crippen LogP contribution in [0.3, 0.4) is 0 Å². The quantitative estimate of drug-likeness (QED) is 0.312. The molecular formula is C23H21N3O3S2. The van der Waals surface area contributed by atoms with Crippen molar-refractivity contribution in [3.05, 3.63) is 82.0 Å². The number of hydrogen-bond donors (Lipinski definition) is 1.